The van der Waals surface area contributed by atoms with Crippen molar-refractivity contribution in [1.29, 1.82) is 0 Å². The van der Waals surface area contributed by atoms with E-state index in [9.17, 15) is 0 Å². The van der Waals surface area contributed by atoms with E-state index >= 15 is 0 Å². The molecule has 2 aromatic rings. The van der Waals surface area contributed by atoms with Crippen molar-refractivity contribution in [2.45, 2.75) is 25.8 Å². The summed E-state index contributed by atoms with van der Waals surface area (Å²) in [4.78, 5) is 4.70. The first kappa shape index (κ1) is 9.79. The van der Waals surface area contributed by atoms with E-state index in [0.29, 0.717) is 5.92 Å². The number of aromatic nitrogens is 1. The third-order valence-electron chi connectivity index (χ3n) is 3.85. The van der Waals surface area contributed by atoms with Gasteiger partial charge in [-0.15, -0.1) is 0 Å². The first-order chi connectivity index (χ1) is 7.60. The van der Waals surface area contributed by atoms with Gasteiger partial charge in [0.1, 0.15) is 0 Å². The minimum Gasteiger partial charge on any atom is -0.327 e. The van der Waals surface area contributed by atoms with Gasteiger partial charge in [0.2, 0.25) is 0 Å². The van der Waals surface area contributed by atoms with E-state index < -0.39 is 0 Å². The molecule has 1 aromatic carbocycles. The molecule has 2 heteroatoms. The smallest absolute Gasteiger partial charge is 0.0705 e. The highest BCUT2D eigenvalue weighted by atomic mass is 14.9. The summed E-state index contributed by atoms with van der Waals surface area (Å²) in [6.45, 7) is 4.42. The Labute approximate surface area is 95.5 Å². The summed E-state index contributed by atoms with van der Waals surface area (Å²) in [5, 5.41) is 1.19. The van der Waals surface area contributed by atoms with Crippen molar-refractivity contribution in [3.05, 3.63) is 42.1 Å². The quantitative estimate of drug-likeness (QED) is 0.789. The summed E-state index contributed by atoms with van der Waals surface area (Å²) in [5.41, 5.74) is 8.48. The molecule has 2 nitrogen and oxygen atoms in total. The average Bonchev–Trinajstić information content (AvgIpc) is 2.78. The van der Waals surface area contributed by atoms with Gasteiger partial charge in [-0.25, -0.2) is 0 Å². The number of pyridine rings is 1. The predicted molar refractivity (Wildman–Crippen MR) is 66.2 cm³/mol. The highest BCUT2D eigenvalue weighted by molar-refractivity contribution is 5.78. The number of rotatable bonds is 1. The first-order valence-corrected chi connectivity index (χ1v) is 5.72. The topological polar surface area (TPSA) is 38.9 Å². The number of nitrogens with two attached hydrogens (primary N) is 1. The normalized spacial score (nSPS) is 26.9. The van der Waals surface area contributed by atoms with Crippen LogP contribution < -0.4 is 5.73 Å². The largest absolute Gasteiger partial charge is 0.327 e. The van der Waals surface area contributed by atoms with Gasteiger partial charge in [-0.3, -0.25) is 4.98 Å². The average molecular weight is 212 g/mol. The van der Waals surface area contributed by atoms with Gasteiger partial charge < -0.3 is 5.73 Å². The Hall–Kier alpha value is -1.41. The van der Waals surface area contributed by atoms with Crippen molar-refractivity contribution < 1.29 is 0 Å². The molecular weight excluding hydrogens is 196 g/mol. The summed E-state index contributed by atoms with van der Waals surface area (Å²) >= 11 is 0. The van der Waals surface area contributed by atoms with Crippen LogP contribution in [0.25, 0.3) is 10.9 Å². The van der Waals surface area contributed by atoms with Crippen LogP contribution in [0.15, 0.2) is 36.4 Å². The Morgan fingerprint density at radius 3 is 2.50 bits per heavy atom. The molecule has 0 amide bonds. The Morgan fingerprint density at radius 1 is 1.12 bits per heavy atom. The number of hydrogen-bond donors (Lipinski definition) is 1. The molecule has 1 aliphatic carbocycles. The van der Waals surface area contributed by atoms with E-state index in [1.807, 2.05) is 12.1 Å². The van der Waals surface area contributed by atoms with Crippen molar-refractivity contribution >= 4 is 10.9 Å². The van der Waals surface area contributed by atoms with E-state index in [1.165, 1.54) is 5.39 Å². The third-order valence-corrected chi connectivity index (χ3v) is 3.85. The molecule has 0 saturated heterocycles. The Balaban J connectivity index is 2.07. The van der Waals surface area contributed by atoms with E-state index in [-0.39, 0.29) is 11.5 Å². The second-order valence-corrected chi connectivity index (χ2v) is 5.25. The molecule has 1 saturated carbocycles. The van der Waals surface area contributed by atoms with Crippen LogP contribution in [0.2, 0.25) is 0 Å². The van der Waals surface area contributed by atoms with Crippen molar-refractivity contribution in [2.75, 3.05) is 0 Å². The lowest BCUT2D eigenvalue weighted by Gasteiger charge is -2.03. The van der Waals surface area contributed by atoms with Crippen LogP contribution in [0.1, 0.15) is 25.5 Å². The van der Waals surface area contributed by atoms with Gasteiger partial charge in [0.15, 0.2) is 0 Å². The molecule has 2 atom stereocenters. The molecule has 2 N–H and O–H groups in total. The van der Waals surface area contributed by atoms with Gasteiger partial charge in [-0.05, 0) is 17.5 Å². The fourth-order valence-electron chi connectivity index (χ4n) is 2.50. The van der Waals surface area contributed by atoms with Crippen molar-refractivity contribution in [3.63, 3.8) is 0 Å². The molecule has 3 rings (SSSR count). The SMILES string of the molecule is CC1(C)C(N)C1c1ccc2ccccc2n1. The van der Waals surface area contributed by atoms with Gasteiger partial charge in [-0.2, -0.15) is 0 Å². The maximum Gasteiger partial charge on any atom is 0.0705 e. The minimum atomic E-state index is 0.204. The van der Waals surface area contributed by atoms with Crippen molar-refractivity contribution in [2.24, 2.45) is 11.1 Å². The predicted octanol–water partition coefficient (Wildman–Crippen LogP) is 2.69. The Kier molecular flexibility index (Phi) is 1.86. The van der Waals surface area contributed by atoms with Gasteiger partial charge in [0.05, 0.1) is 5.52 Å². The minimum absolute atomic E-state index is 0.204. The molecule has 1 aliphatic rings. The highest BCUT2D eigenvalue weighted by Gasteiger charge is 2.56. The van der Waals surface area contributed by atoms with E-state index in [2.05, 4.69) is 38.1 Å². The molecule has 0 spiro atoms. The fraction of sp³-hybridized carbons (Fsp3) is 0.357. The summed E-state index contributed by atoms with van der Waals surface area (Å²) in [6.07, 6.45) is 0. The van der Waals surface area contributed by atoms with Crippen LogP contribution in [0, 0.1) is 5.41 Å². The molecule has 2 unspecified atom stereocenters. The molecule has 0 bridgehead atoms. The van der Waals surface area contributed by atoms with Crippen molar-refractivity contribution in [3.8, 4) is 0 Å². The van der Waals surface area contributed by atoms with Crippen LogP contribution in [0.5, 0.6) is 0 Å². The number of nitrogens with zero attached hydrogens (tertiary/aromatic N) is 1. The van der Waals surface area contributed by atoms with Gasteiger partial charge in [0.25, 0.3) is 0 Å². The summed E-state index contributed by atoms with van der Waals surface area (Å²) in [7, 11) is 0. The van der Waals surface area contributed by atoms with Gasteiger partial charge >= 0.3 is 0 Å². The Bertz CT molecular complexity index is 545. The molecule has 1 fully saturated rings. The number of hydrogen-bond acceptors (Lipinski definition) is 2. The molecule has 16 heavy (non-hydrogen) atoms. The van der Waals surface area contributed by atoms with Gasteiger partial charge in [-0.1, -0.05) is 38.1 Å². The van der Waals surface area contributed by atoms with Crippen LogP contribution in [0.4, 0.5) is 0 Å². The monoisotopic (exact) mass is 212 g/mol. The maximum absolute atomic E-state index is 6.08. The van der Waals surface area contributed by atoms with E-state index in [0.717, 1.165) is 11.2 Å². The Morgan fingerprint density at radius 2 is 1.81 bits per heavy atom. The van der Waals surface area contributed by atoms with Crippen LogP contribution in [-0.2, 0) is 0 Å². The second kappa shape index (κ2) is 3.05. The molecule has 0 radical (unpaired) electrons. The molecule has 0 aliphatic heterocycles. The second-order valence-electron chi connectivity index (χ2n) is 5.25. The zero-order valence-electron chi connectivity index (χ0n) is 9.64. The number of benzene rings is 1. The third kappa shape index (κ3) is 1.26. The molecule has 1 aromatic heterocycles. The standard InChI is InChI=1S/C14H16N2/c1-14(2)12(13(14)15)11-8-7-9-5-3-4-6-10(9)16-11/h3-8,12-13H,15H2,1-2H3. The van der Waals surface area contributed by atoms with Crippen molar-refractivity contribution in [1.82, 2.24) is 4.98 Å². The van der Waals surface area contributed by atoms with Crippen LogP contribution in [0.3, 0.4) is 0 Å². The van der Waals surface area contributed by atoms with Crippen LogP contribution in [-0.4, -0.2) is 11.0 Å². The zero-order chi connectivity index (χ0) is 11.3. The maximum atomic E-state index is 6.08. The van der Waals surface area contributed by atoms with Gasteiger partial charge in [0, 0.05) is 23.0 Å². The molecule has 82 valence electrons. The zero-order valence-corrected chi connectivity index (χ0v) is 9.64. The van der Waals surface area contributed by atoms with Crippen LogP contribution >= 0.6 is 0 Å². The summed E-state index contributed by atoms with van der Waals surface area (Å²) < 4.78 is 0. The molecule has 1 heterocycles. The summed E-state index contributed by atoms with van der Waals surface area (Å²) in [5.74, 6) is 0.414. The molecular formula is C14H16N2. The lowest BCUT2D eigenvalue weighted by molar-refractivity contribution is 0.596. The van der Waals surface area contributed by atoms with E-state index in [4.69, 9.17) is 10.7 Å². The number of para-hydroxylation sites is 1. The van der Waals surface area contributed by atoms with E-state index in [1.54, 1.807) is 0 Å². The lowest BCUT2D eigenvalue weighted by atomic mass is 10.1. The fourth-order valence-corrected chi connectivity index (χ4v) is 2.50. The highest BCUT2D eigenvalue weighted by Crippen LogP contribution is 2.56. The summed E-state index contributed by atoms with van der Waals surface area (Å²) in [6, 6.07) is 12.7. The lowest BCUT2D eigenvalue weighted by Crippen LogP contribution is -2.06. The number of fused-ring (bicyclic) bond motifs is 1. The first-order valence-electron chi connectivity index (χ1n) is 5.72.